The third-order valence-electron chi connectivity index (χ3n) is 5.54. The van der Waals surface area contributed by atoms with Crippen molar-refractivity contribution in [2.45, 2.75) is 25.8 Å². The lowest BCUT2D eigenvalue weighted by Crippen LogP contribution is -2.47. The number of carbonyl (C=O) groups is 2. The van der Waals surface area contributed by atoms with Gasteiger partial charge in [0.1, 0.15) is 0 Å². The van der Waals surface area contributed by atoms with Crippen LogP contribution in [0.25, 0.3) is 0 Å². The van der Waals surface area contributed by atoms with Crippen LogP contribution in [0.4, 0.5) is 0 Å². The Bertz CT molecular complexity index is 1040. The number of nitrogens with zero attached hydrogens (tertiary/aromatic N) is 4. The van der Waals surface area contributed by atoms with Crippen LogP contribution in [0.15, 0.2) is 48.0 Å². The van der Waals surface area contributed by atoms with E-state index in [2.05, 4.69) is 10.3 Å². The van der Waals surface area contributed by atoms with Gasteiger partial charge >= 0.3 is 5.97 Å². The number of carboxylic acids is 1. The molecule has 9 heteroatoms. The normalized spacial score (nSPS) is 15.8. The van der Waals surface area contributed by atoms with Gasteiger partial charge in [-0.05, 0) is 42.5 Å². The summed E-state index contributed by atoms with van der Waals surface area (Å²) in [6.45, 7) is 1.37. The monoisotopic (exact) mass is 444 g/mol. The molecule has 1 aliphatic rings. The minimum atomic E-state index is -0.949. The maximum atomic E-state index is 12.7. The van der Waals surface area contributed by atoms with Crippen LogP contribution >= 0.6 is 22.9 Å². The molecule has 0 saturated carbocycles. The number of aromatic nitrogens is 3. The van der Waals surface area contributed by atoms with Gasteiger partial charge < -0.3 is 10.0 Å². The predicted octanol–water partition coefficient (Wildman–Crippen LogP) is 3.59. The average molecular weight is 445 g/mol. The Kier molecular flexibility index (Phi) is 5.87. The summed E-state index contributed by atoms with van der Waals surface area (Å²) in [4.78, 5) is 27.8. The molecule has 156 valence electrons. The number of carbonyl (C=O) groups excluding carboxylic acids is 1. The molecule has 1 fully saturated rings. The quantitative estimate of drug-likeness (QED) is 0.627. The van der Waals surface area contributed by atoms with Crippen molar-refractivity contribution >= 4 is 34.8 Å². The minimum Gasteiger partial charge on any atom is -0.481 e. The van der Waals surface area contributed by atoms with Crippen molar-refractivity contribution in [3.05, 3.63) is 69.1 Å². The molecular weight excluding hydrogens is 424 g/mol. The fraction of sp³-hybridized carbons (Fsp3) is 0.333. The number of benzene rings is 1. The molecule has 0 atom stereocenters. The molecule has 0 bridgehead atoms. The molecule has 2 aromatic heterocycles. The van der Waals surface area contributed by atoms with Gasteiger partial charge in [-0.3, -0.25) is 9.59 Å². The maximum absolute atomic E-state index is 12.7. The van der Waals surface area contributed by atoms with Gasteiger partial charge in [0.2, 0.25) is 0 Å². The van der Waals surface area contributed by atoms with Crippen LogP contribution in [0.3, 0.4) is 0 Å². The van der Waals surface area contributed by atoms with Crippen molar-refractivity contribution in [1.82, 2.24) is 19.9 Å². The van der Waals surface area contributed by atoms with E-state index < -0.39 is 11.4 Å². The van der Waals surface area contributed by atoms with Gasteiger partial charge in [0.05, 0.1) is 17.7 Å². The van der Waals surface area contributed by atoms with Crippen molar-refractivity contribution in [2.24, 2.45) is 5.41 Å². The first kappa shape index (κ1) is 20.6. The lowest BCUT2D eigenvalue weighted by molar-refractivity contribution is -0.151. The minimum absolute atomic E-state index is 0.126. The Morgan fingerprint density at radius 2 is 2.00 bits per heavy atom. The van der Waals surface area contributed by atoms with Gasteiger partial charge in [0.25, 0.3) is 5.91 Å². The van der Waals surface area contributed by atoms with Crippen LogP contribution in [0, 0.1) is 5.41 Å². The Morgan fingerprint density at radius 1 is 1.20 bits per heavy atom. The van der Waals surface area contributed by atoms with Gasteiger partial charge in [0.15, 0.2) is 0 Å². The van der Waals surface area contributed by atoms with E-state index in [-0.39, 0.29) is 5.91 Å². The number of rotatable bonds is 6. The second-order valence-corrected chi connectivity index (χ2v) is 9.02. The van der Waals surface area contributed by atoms with E-state index in [0.717, 1.165) is 4.88 Å². The summed E-state index contributed by atoms with van der Waals surface area (Å²) in [5.41, 5.74) is 0.222. The van der Waals surface area contributed by atoms with E-state index in [1.807, 2.05) is 23.7 Å². The number of likely N-dealkylation sites (tertiary alicyclic amines) is 1. The third kappa shape index (κ3) is 4.39. The van der Waals surface area contributed by atoms with Crippen LogP contribution < -0.4 is 0 Å². The van der Waals surface area contributed by atoms with E-state index in [4.69, 9.17) is 11.6 Å². The highest BCUT2D eigenvalue weighted by molar-refractivity contribution is 7.09. The van der Waals surface area contributed by atoms with Gasteiger partial charge in [-0.15, -0.1) is 16.4 Å². The molecule has 0 aliphatic carbocycles. The molecule has 1 N–H and O–H groups in total. The van der Waals surface area contributed by atoms with E-state index in [9.17, 15) is 14.7 Å². The first-order chi connectivity index (χ1) is 14.4. The molecular formula is C21H21ClN4O3S. The van der Waals surface area contributed by atoms with Crippen LogP contribution in [0.5, 0.6) is 0 Å². The van der Waals surface area contributed by atoms with Crippen LogP contribution in [-0.2, 0) is 17.8 Å². The summed E-state index contributed by atoms with van der Waals surface area (Å²) >= 11 is 7.63. The molecule has 7 nitrogen and oxygen atoms in total. The predicted molar refractivity (Wildman–Crippen MR) is 114 cm³/mol. The molecule has 4 rings (SSSR count). The summed E-state index contributed by atoms with van der Waals surface area (Å²) in [6, 6.07) is 10.8. The summed E-state index contributed by atoms with van der Waals surface area (Å²) in [6.07, 6.45) is 2.85. The standard InChI is InChI=1S/C21H21ClN4O3S/c22-16-4-1-3-15(11-16)19(27)25-8-6-21(7-9-25,20(28)29)12-17-13-26(24-23-17)14-18-5-2-10-30-18/h1-5,10-11,13H,6-9,12,14H2,(H,28,29). The number of thiophene rings is 1. The smallest absolute Gasteiger partial charge is 0.310 e. The molecule has 3 heterocycles. The summed E-state index contributed by atoms with van der Waals surface area (Å²) < 4.78 is 1.73. The maximum Gasteiger partial charge on any atom is 0.310 e. The summed E-state index contributed by atoms with van der Waals surface area (Å²) in [5, 5.41) is 20.8. The number of aliphatic carboxylic acids is 1. The van der Waals surface area contributed by atoms with E-state index >= 15 is 0 Å². The highest BCUT2D eigenvalue weighted by atomic mass is 35.5. The molecule has 1 saturated heterocycles. The fourth-order valence-electron chi connectivity index (χ4n) is 3.81. The van der Waals surface area contributed by atoms with Gasteiger partial charge in [-0.25, -0.2) is 4.68 Å². The molecule has 0 spiro atoms. The summed E-state index contributed by atoms with van der Waals surface area (Å²) in [5.74, 6) is -0.983. The first-order valence-electron chi connectivity index (χ1n) is 9.65. The zero-order valence-electron chi connectivity index (χ0n) is 16.2. The second-order valence-electron chi connectivity index (χ2n) is 7.55. The number of halogens is 1. The fourth-order valence-corrected chi connectivity index (χ4v) is 4.70. The number of hydrogen-bond acceptors (Lipinski definition) is 5. The third-order valence-corrected chi connectivity index (χ3v) is 6.63. The van der Waals surface area contributed by atoms with E-state index in [1.165, 1.54) is 0 Å². The lowest BCUT2D eigenvalue weighted by atomic mass is 9.75. The Balaban J connectivity index is 1.43. The highest BCUT2D eigenvalue weighted by Gasteiger charge is 2.43. The van der Waals surface area contributed by atoms with Crippen LogP contribution in [0.1, 0.15) is 33.8 Å². The Labute approximate surface area is 182 Å². The number of carboxylic acid groups (broad SMARTS) is 1. The molecule has 1 aromatic carbocycles. The van der Waals surface area contributed by atoms with Gasteiger partial charge in [-0.1, -0.05) is 28.9 Å². The van der Waals surface area contributed by atoms with Crippen LogP contribution in [0.2, 0.25) is 5.02 Å². The van der Waals surface area contributed by atoms with E-state index in [0.29, 0.717) is 55.2 Å². The zero-order chi connectivity index (χ0) is 21.1. The number of piperidine rings is 1. The molecule has 0 unspecified atom stereocenters. The molecule has 30 heavy (non-hydrogen) atoms. The lowest BCUT2D eigenvalue weighted by Gasteiger charge is -2.38. The van der Waals surface area contributed by atoms with Gasteiger partial charge in [-0.2, -0.15) is 0 Å². The Hall–Kier alpha value is -2.71. The van der Waals surface area contributed by atoms with Crippen molar-refractivity contribution in [2.75, 3.05) is 13.1 Å². The zero-order valence-corrected chi connectivity index (χ0v) is 17.8. The van der Waals surface area contributed by atoms with Gasteiger partial charge in [0, 0.05) is 41.2 Å². The molecule has 0 radical (unpaired) electrons. The van der Waals surface area contributed by atoms with Crippen molar-refractivity contribution in [1.29, 1.82) is 0 Å². The molecule has 1 aliphatic heterocycles. The highest BCUT2D eigenvalue weighted by Crippen LogP contribution is 2.35. The average Bonchev–Trinajstić information content (AvgIpc) is 3.40. The SMILES string of the molecule is O=C(c1cccc(Cl)c1)N1CCC(Cc2cn(Cc3cccs3)nn2)(C(=O)O)CC1. The Morgan fingerprint density at radius 3 is 2.67 bits per heavy atom. The topological polar surface area (TPSA) is 88.3 Å². The number of amides is 1. The number of hydrogen-bond donors (Lipinski definition) is 1. The van der Waals surface area contributed by atoms with Crippen molar-refractivity contribution in [3.63, 3.8) is 0 Å². The van der Waals surface area contributed by atoms with E-state index in [1.54, 1.807) is 45.2 Å². The molecule has 1 amide bonds. The van der Waals surface area contributed by atoms with Crippen molar-refractivity contribution < 1.29 is 14.7 Å². The second kappa shape index (κ2) is 8.57. The largest absolute Gasteiger partial charge is 0.481 e. The first-order valence-corrected chi connectivity index (χ1v) is 10.9. The van der Waals surface area contributed by atoms with Crippen molar-refractivity contribution in [3.8, 4) is 0 Å². The van der Waals surface area contributed by atoms with Crippen LogP contribution in [-0.4, -0.2) is 50.0 Å². The summed E-state index contributed by atoms with van der Waals surface area (Å²) in [7, 11) is 0. The molecule has 3 aromatic rings.